The van der Waals surface area contributed by atoms with E-state index in [0.717, 1.165) is 0 Å². The van der Waals surface area contributed by atoms with Gasteiger partial charge < -0.3 is 15.4 Å². The number of ether oxygens (including phenoxy) is 1. The molecule has 10 heteroatoms. The largest absolute Gasteiger partial charge is 0.492 e. The van der Waals surface area contributed by atoms with Crippen molar-refractivity contribution in [3.8, 4) is 16.9 Å². The summed E-state index contributed by atoms with van der Waals surface area (Å²) in [5.41, 5.74) is 1.20. The fraction of sp³-hybridized carbons (Fsp3) is 0.429. The summed E-state index contributed by atoms with van der Waals surface area (Å²) in [5, 5.41) is 5.84. The molecule has 2 aromatic carbocycles. The van der Waals surface area contributed by atoms with Crippen LogP contribution in [0.25, 0.3) is 11.1 Å². The number of sulfonamides is 1. The Labute approximate surface area is 180 Å². The molecule has 0 aromatic heterocycles. The molecule has 0 bridgehead atoms. The van der Waals surface area contributed by atoms with Crippen LogP contribution in [0.5, 0.6) is 5.75 Å². The molecule has 1 fully saturated rings. The standard InChI is InChI=1S/C21H26F3N3O3S/c1-25-9-10-30-19-8-3-2-6-15(19)16-7-4-5-14(20(16)24)11-18-21(17(23)12-26-18)27-31(28,29)13-22/h2-8,17-18,21,25-27H,9-13H2,1H3. The van der Waals surface area contributed by atoms with Crippen molar-refractivity contribution in [2.45, 2.75) is 24.7 Å². The lowest BCUT2D eigenvalue weighted by Gasteiger charge is -2.22. The van der Waals surface area contributed by atoms with Crippen molar-refractivity contribution in [1.82, 2.24) is 15.4 Å². The van der Waals surface area contributed by atoms with Gasteiger partial charge in [0.1, 0.15) is 24.3 Å². The molecule has 3 atom stereocenters. The van der Waals surface area contributed by atoms with Crippen LogP contribution in [-0.4, -0.2) is 59.4 Å². The van der Waals surface area contributed by atoms with Gasteiger partial charge >= 0.3 is 0 Å². The average Bonchev–Trinajstić information content (AvgIpc) is 3.09. The first kappa shape index (κ1) is 23.5. The number of likely N-dealkylation sites (N-methyl/N-ethyl adjacent to an activating group) is 1. The highest BCUT2D eigenvalue weighted by Crippen LogP contribution is 2.33. The Kier molecular flexibility index (Phi) is 7.93. The summed E-state index contributed by atoms with van der Waals surface area (Å²) in [5.74, 6) is 0.0357. The third-order valence-corrected chi connectivity index (χ3v) is 6.08. The summed E-state index contributed by atoms with van der Waals surface area (Å²) in [4.78, 5) is 0. The monoisotopic (exact) mass is 457 g/mol. The number of benzene rings is 2. The minimum Gasteiger partial charge on any atom is -0.492 e. The number of hydrogen-bond donors (Lipinski definition) is 3. The Morgan fingerprint density at radius 2 is 1.90 bits per heavy atom. The first-order valence-corrected chi connectivity index (χ1v) is 11.6. The second kappa shape index (κ2) is 10.4. The number of para-hydroxylation sites is 1. The second-order valence-electron chi connectivity index (χ2n) is 7.33. The second-order valence-corrected chi connectivity index (χ2v) is 9.01. The molecule has 170 valence electrons. The third kappa shape index (κ3) is 5.76. The molecule has 0 amide bonds. The highest BCUT2D eigenvalue weighted by molar-refractivity contribution is 7.89. The van der Waals surface area contributed by atoms with E-state index in [1.165, 1.54) is 0 Å². The van der Waals surface area contributed by atoms with E-state index in [-0.39, 0.29) is 13.0 Å². The van der Waals surface area contributed by atoms with E-state index >= 15 is 4.39 Å². The fourth-order valence-corrected chi connectivity index (χ4v) is 4.41. The van der Waals surface area contributed by atoms with Crippen LogP contribution in [0, 0.1) is 5.82 Å². The van der Waals surface area contributed by atoms with Gasteiger partial charge in [0.05, 0.1) is 6.04 Å². The maximum Gasteiger partial charge on any atom is 0.241 e. The SMILES string of the molecule is CNCCOc1ccccc1-c1cccc(CC2NCC(F)C2NS(=O)(=O)CF)c1F. The number of nitrogens with one attached hydrogen (secondary N) is 3. The number of rotatable bonds is 10. The first-order valence-electron chi connectivity index (χ1n) is 9.94. The van der Waals surface area contributed by atoms with Gasteiger partial charge in [-0.2, -0.15) is 0 Å². The number of halogens is 3. The Hall–Kier alpha value is -2.14. The van der Waals surface area contributed by atoms with Crippen molar-refractivity contribution in [2.75, 3.05) is 32.8 Å². The molecular formula is C21H26F3N3O3S. The molecule has 1 aliphatic rings. The van der Waals surface area contributed by atoms with E-state index in [1.54, 1.807) is 49.5 Å². The fourth-order valence-electron chi connectivity index (χ4n) is 3.62. The van der Waals surface area contributed by atoms with Crippen LogP contribution >= 0.6 is 0 Å². The lowest BCUT2D eigenvalue weighted by molar-refractivity contribution is 0.303. The van der Waals surface area contributed by atoms with Gasteiger partial charge in [0.15, 0.2) is 0 Å². The van der Waals surface area contributed by atoms with E-state index < -0.39 is 40.1 Å². The van der Waals surface area contributed by atoms with Gasteiger partial charge in [0, 0.05) is 30.3 Å². The Balaban J connectivity index is 1.85. The van der Waals surface area contributed by atoms with Crippen molar-refractivity contribution >= 4 is 10.0 Å². The van der Waals surface area contributed by atoms with Crippen LogP contribution in [-0.2, 0) is 16.4 Å². The molecule has 6 nitrogen and oxygen atoms in total. The van der Waals surface area contributed by atoms with E-state index in [2.05, 4.69) is 10.6 Å². The van der Waals surface area contributed by atoms with Crippen molar-refractivity contribution in [1.29, 1.82) is 0 Å². The lowest BCUT2D eigenvalue weighted by atomic mass is 9.96. The molecule has 3 rings (SSSR count). The van der Waals surface area contributed by atoms with E-state index in [0.29, 0.717) is 35.6 Å². The minimum absolute atomic E-state index is 0.0301. The van der Waals surface area contributed by atoms with Crippen LogP contribution in [0.1, 0.15) is 5.56 Å². The highest BCUT2D eigenvalue weighted by atomic mass is 32.2. The van der Waals surface area contributed by atoms with Gasteiger partial charge in [-0.25, -0.2) is 26.3 Å². The van der Waals surface area contributed by atoms with E-state index in [4.69, 9.17) is 4.74 Å². The number of alkyl halides is 2. The molecular weight excluding hydrogens is 431 g/mol. The van der Waals surface area contributed by atoms with Crippen LogP contribution in [0.2, 0.25) is 0 Å². The zero-order valence-corrected chi connectivity index (χ0v) is 17.9. The summed E-state index contributed by atoms with van der Waals surface area (Å²) in [7, 11) is -2.45. The van der Waals surface area contributed by atoms with Gasteiger partial charge in [-0.1, -0.05) is 36.4 Å². The summed E-state index contributed by atoms with van der Waals surface area (Å²) < 4.78 is 73.3. The summed E-state index contributed by atoms with van der Waals surface area (Å²) >= 11 is 0. The molecule has 0 spiro atoms. The Morgan fingerprint density at radius 1 is 1.16 bits per heavy atom. The van der Waals surface area contributed by atoms with Crippen LogP contribution < -0.4 is 20.1 Å². The molecule has 1 aliphatic heterocycles. The highest BCUT2D eigenvalue weighted by Gasteiger charge is 2.39. The Bertz CT molecular complexity index is 991. The predicted molar refractivity (Wildman–Crippen MR) is 113 cm³/mol. The minimum atomic E-state index is -4.25. The zero-order chi connectivity index (χ0) is 22.4. The maximum absolute atomic E-state index is 15.4. The van der Waals surface area contributed by atoms with E-state index in [9.17, 15) is 17.2 Å². The molecule has 1 heterocycles. The summed E-state index contributed by atoms with van der Waals surface area (Å²) in [6, 6.07) is 8.42. The van der Waals surface area contributed by atoms with Crippen LogP contribution in [0.4, 0.5) is 13.2 Å². The summed E-state index contributed by atoms with van der Waals surface area (Å²) in [6.07, 6.45) is -1.51. The molecule has 3 N–H and O–H groups in total. The maximum atomic E-state index is 15.4. The quantitative estimate of drug-likeness (QED) is 0.477. The third-order valence-electron chi connectivity index (χ3n) is 5.16. The normalized spacial score (nSPS) is 21.4. The molecule has 31 heavy (non-hydrogen) atoms. The van der Waals surface area contributed by atoms with Crippen LogP contribution in [0.15, 0.2) is 42.5 Å². The average molecular weight is 458 g/mol. The molecule has 0 radical (unpaired) electrons. The van der Waals surface area contributed by atoms with Crippen molar-refractivity contribution in [2.24, 2.45) is 0 Å². The van der Waals surface area contributed by atoms with Crippen LogP contribution in [0.3, 0.4) is 0 Å². The van der Waals surface area contributed by atoms with Gasteiger partial charge in [-0.15, -0.1) is 0 Å². The van der Waals surface area contributed by atoms with Gasteiger partial charge in [0.2, 0.25) is 16.0 Å². The smallest absolute Gasteiger partial charge is 0.241 e. The molecule has 1 saturated heterocycles. The predicted octanol–water partition coefficient (Wildman–Crippen LogP) is 2.16. The molecule has 0 aliphatic carbocycles. The Morgan fingerprint density at radius 3 is 2.65 bits per heavy atom. The van der Waals surface area contributed by atoms with Gasteiger partial charge in [0.25, 0.3) is 0 Å². The molecule has 3 unspecified atom stereocenters. The first-order chi connectivity index (χ1) is 14.9. The van der Waals surface area contributed by atoms with Crippen molar-refractivity contribution in [3.63, 3.8) is 0 Å². The molecule has 0 saturated carbocycles. The number of hydrogen-bond acceptors (Lipinski definition) is 5. The van der Waals surface area contributed by atoms with Gasteiger partial charge in [-0.05, 0) is 25.1 Å². The zero-order valence-electron chi connectivity index (χ0n) is 17.1. The van der Waals surface area contributed by atoms with E-state index in [1.807, 2.05) is 4.72 Å². The van der Waals surface area contributed by atoms with Gasteiger partial charge in [-0.3, -0.25) is 0 Å². The topological polar surface area (TPSA) is 79.5 Å². The summed E-state index contributed by atoms with van der Waals surface area (Å²) in [6.45, 7) is 0.938. The van der Waals surface area contributed by atoms with Crippen molar-refractivity contribution in [3.05, 3.63) is 53.8 Å². The van der Waals surface area contributed by atoms with Crippen molar-refractivity contribution < 1.29 is 26.3 Å². The lowest BCUT2D eigenvalue weighted by Crippen LogP contribution is -2.48. The molecule has 2 aromatic rings.